The number of aromatic nitrogens is 1. The molecule has 1 atom stereocenters. The summed E-state index contributed by atoms with van der Waals surface area (Å²) in [5.41, 5.74) is 4.35. The number of nitrogens with one attached hydrogen (secondary N) is 2. The van der Waals surface area contributed by atoms with Crippen LogP contribution >= 0.6 is 11.3 Å². The first-order valence-electron chi connectivity index (χ1n) is 9.65. The first-order valence-corrected chi connectivity index (χ1v) is 10.5. The molecular weight excluding hydrogens is 384 g/mol. The molecule has 5 nitrogen and oxygen atoms in total. The van der Waals surface area contributed by atoms with Crippen LogP contribution in [0.2, 0.25) is 0 Å². The van der Waals surface area contributed by atoms with Gasteiger partial charge in [-0.25, -0.2) is 4.79 Å². The van der Waals surface area contributed by atoms with Gasteiger partial charge in [-0.05, 0) is 44.7 Å². The highest BCUT2D eigenvalue weighted by Crippen LogP contribution is 2.27. The van der Waals surface area contributed by atoms with Crippen molar-refractivity contribution < 1.29 is 14.3 Å². The van der Waals surface area contributed by atoms with Crippen LogP contribution in [0.1, 0.15) is 61.1 Å². The Hall–Kier alpha value is -2.70. The molecule has 0 aliphatic rings. The third-order valence-corrected chi connectivity index (χ3v) is 5.78. The Balaban J connectivity index is 1.85. The van der Waals surface area contributed by atoms with E-state index in [0.717, 1.165) is 10.4 Å². The predicted octanol–water partition coefficient (Wildman–Crippen LogP) is 4.74. The maximum absolute atomic E-state index is 13.1. The van der Waals surface area contributed by atoms with Gasteiger partial charge in [-0.1, -0.05) is 35.9 Å². The van der Waals surface area contributed by atoms with Gasteiger partial charge < -0.3 is 9.72 Å². The number of hydrogen-bond donors (Lipinski definition) is 2. The van der Waals surface area contributed by atoms with Crippen molar-refractivity contribution in [3.63, 3.8) is 0 Å². The summed E-state index contributed by atoms with van der Waals surface area (Å²) in [5.74, 6) is -0.602. The average molecular weight is 411 g/mol. The molecule has 0 amide bonds. The predicted molar refractivity (Wildman–Crippen MR) is 116 cm³/mol. The van der Waals surface area contributed by atoms with Crippen LogP contribution < -0.4 is 5.32 Å². The number of ether oxygens (including phenoxy) is 1. The van der Waals surface area contributed by atoms with E-state index in [9.17, 15) is 9.59 Å². The molecule has 6 heteroatoms. The van der Waals surface area contributed by atoms with Gasteiger partial charge in [0.2, 0.25) is 0 Å². The van der Waals surface area contributed by atoms with Crippen LogP contribution in [0.25, 0.3) is 0 Å². The van der Waals surface area contributed by atoms with E-state index in [1.807, 2.05) is 11.4 Å². The molecule has 0 radical (unpaired) electrons. The average Bonchev–Trinajstić information content (AvgIpc) is 3.31. The van der Waals surface area contributed by atoms with Crippen LogP contribution in [0.15, 0.2) is 41.8 Å². The van der Waals surface area contributed by atoms with Gasteiger partial charge in [0, 0.05) is 16.3 Å². The largest absolute Gasteiger partial charge is 0.462 e. The van der Waals surface area contributed by atoms with Crippen LogP contribution in [-0.4, -0.2) is 29.9 Å². The lowest BCUT2D eigenvalue weighted by molar-refractivity contribution is 0.0522. The highest BCUT2D eigenvalue weighted by Gasteiger charge is 2.26. The number of ketones is 1. The van der Waals surface area contributed by atoms with E-state index in [0.29, 0.717) is 22.5 Å². The van der Waals surface area contributed by atoms with Gasteiger partial charge in [0.05, 0.1) is 30.3 Å². The summed E-state index contributed by atoms with van der Waals surface area (Å²) in [4.78, 5) is 29.7. The molecule has 0 aliphatic carbocycles. The van der Waals surface area contributed by atoms with Gasteiger partial charge in [0.15, 0.2) is 5.78 Å². The van der Waals surface area contributed by atoms with Gasteiger partial charge in [-0.2, -0.15) is 0 Å². The highest BCUT2D eigenvalue weighted by atomic mass is 32.1. The summed E-state index contributed by atoms with van der Waals surface area (Å²) >= 11 is 1.65. The third-order valence-electron chi connectivity index (χ3n) is 4.84. The van der Waals surface area contributed by atoms with E-state index >= 15 is 0 Å². The molecule has 0 saturated heterocycles. The molecule has 0 saturated carbocycles. The first kappa shape index (κ1) is 21.0. The molecule has 0 aliphatic heterocycles. The van der Waals surface area contributed by atoms with Crippen LogP contribution in [0, 0.1) is 20.8 Å². The Morgan fingerprint density at radius 3 is 2.38 bits per heavy atom. The van der Waals surface area contributed by atoms with Gasteiger partial charge >= 0.3 is 5.97 Å². The Labute approximate surface area is 175 Å². The van der Waals surface area contributed by atoms with Crippen molar-refractivity contribution in [1.82, 2.24) is 10.3 Å². The lowest BCUT2D eigenvalue weighted by Gasteiger charge is -2.18. The molecule has 0 bridgehead atoms. The molecule has 152 valence electrons. The second kappa shape index (κ2) is 9.20. The number of Topliss-reactive ketones (excluding diaryl/α,β-unsaturated/α-hetero) is 1. The van der Waals surface area contributed by atoms with E-state index in [1.54, 1.807) is 32.1 Å². The number of thiophene rings is 1. The van der Waals surface area contributed by atoms with Crippen molar-refractivity contribution in [2.45, 2.75) is 33.7 Å². The van der Waals surface area contributed by atoms with E-state index < -0.39 is 5.97 Å². The summed E-state index contributed by atoms with van der Waals surface area (Å²) in [5, 5.41) is 5.41. The van der Waals surface area contributed by atoms with Crippen molar-refractivity contribution in [1.29, 1.82) is 0 Å². The molecule has 29 heavy (non-hydrogen) atoms. The molecular formula is C23H26N2O3S. The van der Waals surface area contributed by atoms with E-state index in [1.165, 1.54) is 5.56 Å². The molecule has 0 unspecified atom stereocenters. The Bertz CT molecular complexity index is 988. The summed E-state index contributed by atoms with van der Waals surface area (Å²) < 4.78 is 5.15. The quantitative estimate of drug-likeness (QED) is 0.416. The molecule has 2 N–H and O–H groups in total. The van der Waals surface area contributed by atoms with Crippen LogP contribution in [0.5, 0.6) is 0 Å². The second-order valence-electron chi connectivity index (χ2n) is 7.01. The topological polar surface area (TPSA) is 71.2 Å². The number of carbonyl (C=O) groups excluding carboxylic acids is 2. The Kier molecular flexibility index (Phi) is 6.67. The fourth-order valence-corrected chi connectivity index (χ4v) is 4.30. The fraction of sp³-hybridized carbons (Fsp3) is 0.304. The van der Waals surface area contributed by atoms with Crippen molar-refractivity contribution in [3.05, 3.63) is 80.3 Å². The van der Waals surface area contributed by atoms with Crippen molar-refractivity contribution >= 4 is 23.1 Å². The van der Waals surface area contributed by atoms with E-state index in [4.69, 9.17) is 4.74 Å². The summed E-state index contributed by atoms with van der Waals surface area (Å²) in [7, 11) is 0. The van der Waals surface area contributed by atoms with Crippen molar-refractivity contribution in [2.24, 2.45) is 0 Å². The normalized spacial score (nSPS) is 12.0. The lowest BCUT2D eigenvalue weighted by atomic mass is 10.0. The monoisotopic (exact) mass is 410 g/mol. The van der Waals surface area contributed by atoms with Crippen LogP contribution in [0.4, 0.5) is 0 Å². The fourth-order valence-electron chi connectivity index (χ4n) is 3.47. The van der Waals surface area contributed by atoms with Gasteiger partial charge in [-0.15, -0.1) is 11.3 Å². The number of rotatable bonds is 8. The Morgan fingerprint density at radius 1 is 1.07 bits per heavy atom. The molecule has 2 heterocycles. The summed E-state index contributed by atoms with van der Waals surface area (Å²) in [6, 6.07) is 12.3. The van der Waals surface area contributed by atoms with Crippen LogP contribution in [0.3, 0.4) is 0 Å². The van der Waals surface area contributed by atoms with Gasteiger partial charge in [0.25, 0.3) is 0 Å². The second-order valence-corrected chi connectivity index (χ2v) is 7.99. The SMILES string of the molecule is CCOC(=O)c1c(C)[nH]c(C)c1C(=O)CN[C@H](c1ccc(C)cc1)c1cccs1. The van der Waals surface area contributed by atoms with Gasteiger partial charge in [-0.3, -0.25) is 10.1 Å². The molecule has 3 aromatic rings. The standard InChI is InChI=1S/C23H26N2O3S/c1-5-28-23(27)21-16(4)25-15(3)20(21)18(26)13-24-22(19-7-6-12-29-19)17-10-8-14(2)9-11-17/h6-12,22,24-25H,5,13H2,1-4H3/t22-/m1/s1. The molecule has 3 rings (SSSR count). The van der Waals surface area contributed by atoms with Crippen molar-refractivity contribution in [3.8, 4) is 0 Å². The maximum atomic E-state index is 13.1. The number of carbonyl (C=O) groups is 2. The number of esters is 1. The molecule has 0 spiro atoms. The first-order chi connectivity index (χ1) is 13.9. The summed E-state index contributed by atoms with van der Waals surface area (Å²) in [6.45, 7) is 7.77. The lowest BCUT2D eigenvalue weighted by Crippen LogP contribution is -2.29. The zero-order valence-electron chi connectivity index (χ0n) is 17.2. The minimum Gasteiger partial charge on any atom is -0.462 e. The smallest absolute Gasteiger partial charge is 0.340 e. The minimum atomic E-state index is -0.467. The highest BCUT2D eigenvalue weighted by molar-refractivity contribution is 7.10. The Morgan fingerprint density at radius 2 is 1.76 bits per heavy atom. The number of aryl methyl sites for hydroxylation is 3. The van der Waals surface area contributed by atoms with Crippen molar-refractivity contribution in [2.75, 3.05) is 13.2 Å². The number of hydrogen-bond acceptors (Lipinski definition) is 5. The molecule has 1 aromatic carbocycles. The zero-order chi connectivity index (χ0) is 21.0. The third kappa shape index (κ3) is 4.66. The minimum absolute atomic E-state index is 0.0917. The molecule has 2 aromatic heterocycles. The molecule has 0 fully saturated rings. The number of aromatic amines is 1. The van der Waals surface area contributed by atoms with E-state index in [2.05, 4.69) is 47.6 Å². The summed E-state index contributed by atoms with van der Waals surface area (Å²) in [6.07, 6.45) is 0. The van der Waals surface area contributed by atoms with E-state index in [-0.39, 0.29) is 25.0 Å². The number of H-pyrrole nitrogens is 1. The van der Waals surface area contributed by atoms with Crippen LogP contribution in [-0.2, 0) is 4.74 Å². The number of benzene rings is 1. The zero-order valence-corrected chi connectivity index (χ0v) is 18.0. The van der Waals surface area contributed by atoms with Gasteiger partial charge in [0.1, 0.15) is 0 Å². The maximum Gasteiger partial charge on any atom is 0.340 e.